The first-order valence-electron chi connectivity index (χ1n) is 5.23. The molecule has 2 aromatic rings. The average molecular weight is 252 g/mol. The van der Waals surface area contributed by atoms with Crippen LogP contribution in [-0.2, 0) is 0 Å². The molecule has 0 aliphatic heterocycles. The second-order valence-electron chi connectivity index (χ2n) is 3.88. The highest BCUT2D eigenvalue weighted by Gasteiger charge is 2.20. The summed E-state index contributed by atoms with van der Waals surface area (Å²) in [6, 6.07) is 4.50. The van der Waals surface area contributed by atoms with E-state index in [0.717, 1.165) is 0 Å². The van der Waals surface area contributed by atoms with Gasteiger partial charge in [0.1, 0.15) is 12.2 Å². The maximum atomic E-state index is 10.9. The van der Waals surface area contributed by atoms with Crippen molar-refractivity contribution in [2.45, 2.75) is 12.2 Å². The highest BCUT2D eigenvalue weighted by Crippen LogP contribution is 2.23. The molecule has 18 heavy (non-hydrogen) atoms. The third kappa shape index (κ3) is 2.06. The summed E-state index contributed by atoms with van der Waals surface area (Å²) in [5.41, 5.74) is 0.673. The van der Waals surface area contributed by atoms with Crippen molar-refractivity contribution in [2.75, 3.05) is 6.61 Å². The Labute approximate surface area is 101 Å². The standard InChI is InChI=1S/C11H12N2O5/c14-4-8(15)10(16)5-1-2-7-6(3-5)9(11(17)18)13-12-7/h1-3,8,10,14-16H,4H2,(H,12,13)(H,17,18). The van der Waals surface area contributed by atoms with E-state index in [4.69, 9.17) is 10.2 Å². The predicted molar refractivity (Wildman–Crippen MR) is 61.1 cm³/mol. The number of carboxylic acid groups (broad SMARTS) is 1. The molecule has 0 aliphatic rings. The van der Waals surface area contributed by atoms with Gasteiger partial charge in [-0.1, -0.05) is 6.07 Å². The highest BCUT2D eigenvalue weighted by molar-refractivity contribution is 6.01. The van der Waals surface area contributed by atoms with Crippen molar-refractivity contribution in [3.05, 3.63) is 29.5 Å². The van der Waals surface area contributed by atoms with Gasteiger partial charge in [0.25, 0.3) is 0 Å². The van der Waals surface area contributed by atoms with E-state index < -0.39 is 24.8 Å². The van der Waals surface area contributed by atoms with Crippen LogP contribution < -0.4 is 0 Å². The average Bonchev–Trinajstić information content (AvgIpc) is 2.79. The molecule has 1 aromatic heterocycles. The second kappa shape index (κ2) is 4.73. The monoisotopic (exact) mass is 252 g/mol. The molecule has 0 saturated heterocycles. The van der Waals surface area contributed by atoms with Crippen molar-refractivity contribution < 1.29 is 25.2 Å². The zero-order chi connectivity index (χ0) is 13.3. The number of aliphatic hydroxyl groups excluding tert-OH is 3. The molecule has 0 amide bonds. The number of carboxylic acids is 1. The van der Waals surface area contributed by atoms with Crippen LogP contribution in [0.2, 0.25) is 0 Å². The molecule has 0 spiro atoms. The number of hydrogen-bond acceptors (Lipinski definition) is 5. The largest absolute Gasteiger partial charge is 0.476 e. The number of carbonyl (C=O) groups is 1. The Morgan fingerprint density at radius 2 is 2.11 bits per heavy atom. The summed E-state index contributed by atoms with van der Waals surface area (Å²) in [6.07, 6.45) is -2.60. The number of H-pyrrole nitrogens is 1. The number of hydrogen-bond donors (Lipinski definition) is 5. The van der Waals surface area contributed by atoms with Gasteiger partial charge in [-0.2, -0.15) is 5.10 Å². The Morgan fingerprint density at radius 3 is 2.72 bits per heavy atom. The molecule has 0 aliphatic carbocycles. The fourth-order valence-corrected chi connectivity index (χ4v) is 1.70. The van der Waals surface area contributed by atoms with Gasteiger partial charge in [0.15, 0.2) is 5.69 Å². The molecule has 96 valence electrons. The fourth-order valence-electron chi connectivity index (χ4n) is 1.70. The summed E-state index contributed by atoms with van der Waals surface area (Å²) in [5, 5.41) is 43.3. The number of aromatic amines is 1. The van der Waals surface area contributed by atoms with Crippen molar-refractivity contribution in [3.8, 4) is 0 Å². The van der Waals surface area contributed by atoms with Gasteiger partial charge in [-0.05, 0) is 17.7 Å². The van der Waals surface area contributed by atoms with Crippen LogP contribution in [0.1, 0.15) is 22.2 Å². The summed E-state index contributed by atoms with van der Waals surface area (Å²) in [6.45, 7) is -0.587. The van der Waals surface area contributed by atoms with Crippen LogP contribution >= 0.6 is 0 Å². The molecule has 5 N–H and O–H groups in total. The Hall–Kier alpha value is -1.96. The van der Waals surface area contributed by atoms with E-state index in [1.165, 1.54) is 12.1 Å². The van der Waals surface area contributed by atoms with E-state index in [1.807, 2.05) is 0 Å². The summed E-state index contributed by atoms with van der Waals surface area (Å²) in [4.78, 5) is 10.9. The van der Waals surface area contributed by atoms with E-state index in [9.17, 15) is 15.0 Å². The van der Waals surface area contributed by atoms with Crippen LogP contribution in [0.15, 0.2) is 18.2 Å². The van der Waals surface area contributed by atoms with Crippen molar-refractivity contribution in [2.24, 2.45) is 0 Å². The quantitative estimate of drug-likeness (QED) is 0.506. The van der Waals surface area contributed by atoms with E-state index in [-0.39, 0.29) is 5.69 Å². The van der Waals surface area contributed by atoms with Gasteiger partial charge in [-0.15, -0.1) is 0 Å². The maximum Gasteiger partial charge on any atom is 0.357 e. The Kier molecular flexibility index (Phi) is 3.28. The lowest BCUT2D eigenvalue weighted by Crippen LogP contribution is -2.21. The third-order valence-corrected chi connectivity index (χ3v) is 2.68. The summed E-state index contributed by atoms with van der Waals surface area (Å²) in [7, 11) is 0. The Bertz CT molecular complexity index is 580. The number of fused-ring (bicyclic) bond motifs is 1. The molecule has 7 heteroatoms. The molecule has 0 fully saturated rings. The van der Waals surface area contributed by atoms with E-state index >= 15 is 0 Å². The number of rotatable bonds is 4. The van der Waals surface area contributed by atoms with Gasteiger partial charge < -0.3 is 20.4 Å². The van der Waals surface area contributed by atoms with Gasteiger partial charge >= 0.3 is 5.97 Å². The van der Waals surface area contributed by atoms with Gasteiger partial charge in [0.05, 0.1) is 12.1 Å². The molecular formula is C11H12N2O5. The molecule has 0 saturated carbocycles. The zero-order valence-corrected chi connectivity index (χ0v) is 9.24. The van der Waals surface area contributed by atoms with Crippen LogP contribution in [0.5, 0.6) is 0 Å². The van der Waals surface area contributed by atoms with Crippen LogP contribution in [0.25, 0.3) is 10.9 Å². The number of benzene rings is 1. The normalized spacial score (nSPS) is 14.6. The fraction of sp³-hybridized carbons (Fsp3) is 0.273. The summed E-state index contributed by atoms with van der Waals surface area (Å²) < 4.78 is 0. The molecule has 2 unspecified atom stereocenters. The first kappa shape index (κ1) is 12.5. The number of aromatic carboxylic acids is 1. The number of nitrogens with zero attached hydrogens (tertiary/aromatic N) is 1. The SMILES string of the molecule is O=C(O)c1n[nH]c2ccc(C(O)C(O)CO)cc12. The van der Waals surface area contributed by atoms with E-state index in [2.05, 4.69) is 10.2 Å². The van der Waals surface area contributed by atoms with Crippen LogP contribution in [-0.4, -0.2) is 49.3 Å². The van der Waals surface area contributed by atoms with Crippen molar-refractivity contribution in [1.82, 2.24) is 10.2 Å². The predicted octanol–water partition coefficient (Wildman–Crippen LogP) is -0.352. The van der Waals surface area contributed by atoms with Crippen molar-refractivity contribution in [3.63, 3.8) is 0 Å². The maximum absolute atomic E-state index is 10.9. The zero-order valence-electron chi connectivity index (χ0n) is 9.24. The molecule has 2 atom stereocenters. The molecule has 0 bridgehead atoms. The number of nitrogens with one attached hydrogen (secondary N) is 1. The van der Waals surface area contributed by atoms with E-state index in [0.29, 0.717) is 16.5 Å². The first-order valence-corrected chi connectivity index (χ1v) is 5.23. The van der Waals surface area contributed by atoms with Gasteiger partial charge in [-0.25, -0.2) is 4.79 Å². The van der Waals surface area contributed by atoms with Crippen molar-refractivity contribution >= 4 is 16.9 Å². The summed E-state index contributed by atoms with van der Waals surface area (Å²) >= 11 is 0. The number of aromatic nitrogens is 2. The molecule has 1 aromatic carbocycles. The van der Waals surface area contributed by atoms with Crippen molar-refractivity contribution in [1.29, 1.82) is 0 Å². The number of aliphatic hydroxyl groups is 3. The molecule has 1 heterocycles. The molecular weight excluding hydrogens is 240 g/mol. The third-order valence-electron chi connectivity index (χ3n) is 2.68. The Morgan fingerprint density at radius 1 is 1.39 bits per heavy atom. The minimum Gasteiger partial charge on any atom is -0.476 e. The topological polar surface area (TPSA) is 127 Å². The molecule has 7 nitrogen and oxygen atoms in total. The minimum atomic E-state index is -1.32. The minimum absolute atomic E-state index is 0.155. The van der Waals surface area contributed by atoms with Crippen LogP contribution in [0, 0.1) is 0 Å². The van der Waals surface area contributed by atoms with Gasteiger partial charge in [0, 0.05) is 5.39 Å². The van der Waals surface area contributed by atoms with Crippen LogP contribution in [0.4, 0.5) is 0 Å². The summed E-state index contributed by atoms with van der Waals surface area (Å²) in [5.74, 6) is -1.18. The van der Waals surface area contributed by atoms with E-state index in [1.54, 1.807) is 6.07 Å². The van der Waals surface area contributed by atoms with Crippen LogP contribution in [0.3, 0.4) is 0 Å². The first-order chi connectivity index (χ1) is 8.54. The smallest absolute Gasteiger partial charge is 0.357 e. The van der Waals surface area contributed by atoms with Gasteiger partial charge in [0.2, 0.25) is 0 Å². The lowest BCUT2D eigenvalue weighted by Gasteiger charge is -2.15. The van der Waals surface area contributed by atoms with Gasteiger partial charge in [-0.3, -0.25) is 5.10 Å². The Balaban J connectivity index is 2.48. The second-order valence-corrected chi connectivity index (χ2v) is 3.88. The lowest BCUT2D eigenvalue weighted by molar-refractivity contribution is -0.0152. The highest BCUT2D eigenvalue weighted by atomic mass is 16.4. The molecule has 0 radical (unpaired) electrons. The molecule has 2 rings (SSSR count). The lowest BCUT2D eigenvalue weighted by atomic mass is 10.0.